The van der Waals surface area contributed by atoms with E-state index in [1.165, 1.54) is 0 Å². The van der Waals surface area contributed by atoms with Crippen LogP contribution in [0, 0.1) is 6.92 Å². The van der Waals surface area contributed by atoms with Crippen LogP contribution in [-0.4, -0.2) is 53.1 Å². The van der Waals surface area contributed by atoms with Crippen LogP contribution in [0.15, 0.2) is 48.8 Å². The summed E-state index contributed by atoms with van der Waals surface area (Å²) in [5.74, 6) is 0.0565. The molecule has 0 aliphatic carbocycles. The first kappa shape index (κ1) is 23.9. The molecule has 1 fully saturated rings. The van der Waals surface area contributed by atoms with Crippen molar-refractivity contribution in [3.05, 3.63) is 59.9 Å². The van der Waals surface area contributed by atoms with E-state index in [4.69, 9.17) is 5.73 Å². The second-order valence-electron chi connectivity index (χ2n) is 9.40. The fourth-order valence-corrected chi connectivity index (χ4v) is 4.79. The summed E-state index contributed by atoms with van der Waals surface area (Å²) in [5, 5.41) is 3.69. The summed E-state index contributed by atoms with van der Waals surface area (Å²) in [4.78, 5) is 15.8. The summed E-state index contributed by atoms with van der Waals surface area (Å²) >= 11 is 0. The first-order valence-corrected chi connectivity index (χ1v) is 11.7. The Bertz CT molecular complexity index is 1410. The van der Waals surface area contributed by atoms with Crippen LogP contribution in [0.3, 0.4) is 0 Å². The summed E-state index contributed by atoms with van der Waals surface area (Å²) < 4.78 is 41.6. The monoisotopic (exact) mass is 495 g/mol. The van der Waals surface area contributed by atoms with E-state index in [0.717, 1.165) is 42.5 Å². The van der Waals surface area contributed by atoms with Crippen LogP contribution >= 0.6 is 0 Å². The maximum Gasteiger partial charge on any atom is 0.419 e. The number of nitrogens with zero attached hydrogens (tertiary/aromatic N) is 4. The lowest BCUT2D eigenvalue weighted by molar-refractivity contribution is -0.137. The molecule has 4 aromatic rings. The molecule has 1 saturated heterocycles. The van der Waals surface area contributed by atoms with Crippen molar-refractivity contribution in [2.45, 2.75) is 25.6 Å². The Kier molecular flexibility index (Phi) is 5.99. The van der Waals surface area contributed by atoms with Crippen molar-refractivity contribution in [3.8, 4) is 11.3 Å². The zero-order chi connectivity index (χ0) is 25.6. The number of nitrogens with two attached hydrogens (primary N) is 1. The smallest absolute Gasteiger partial charge is 0.397 e. The van der Waals surface area contributed by atoms with Gasteiger partial charge in [0.1, 0.15) is 5.56 Å². The summed E-state index contributed by atoms with van der Waals surface area (Å²) in [6.07, 6.45) is -1.17. The number of benzene rings is 2. The van der Waals surface area contributed by atoms with E-state index in [1.54, 1.807) is 18.3 Å². The highest BCUT2D eigenvalue weighted by Crippen LogP contribution is 2.39. The van der Waals surface area contributed by atoms with Crippen molar-refractivity contribution in [3.63, 3.8) is 0 Å². The molecule has 0 radical (unpaired) electrons. The summed E-state index contributed by atoms with van der Waals surface area (Å²) in [6, 6.07) is 11.5. The van der Waals surface area contributed by atoms with Gasteiger partial charge in [-0.05, 0) is 51.2 Å². The maximum atomic E-state index is 13.9. The number of likely N-dealkylation sites (N-methyl/N-ethyl adjacent to an activating group) is 1. The minimum atomic E-state index is -4.60. The van der Waals surface area contributed by atoms with E-state index in [9.17, 15) is 13.2 Å². The van der Waals surface area contributed by atoms with Crippen LogP contribution in [0.2, 0.25) is 0 Å². The van der Waals surface area contributed by atoms with Gasteiger partial charge in [0.2, 0.25) is 5.95 Å². The lowest BCUT2D eigenvalue weighted by Crippen LogP contribution is -2.31. The molecule has 188 valence electrons. The fourth-order valence-electron chi connectivity index (χ4n) is 4.79. The van der Waals surface area contributed by atoms with Crippen molar-refractivity contribution in [1.29, 1.82) is 0 Å². The van der Waals surface area contributed by atoms with Crippen molar-refractivity contribution >= 4 is 33.9 Å². The van der Waals surface area contributed by atoms with Crippen LogP contribution in [0.4, 0.5) is 36.2 Å². The normalized spacial score (nSPS) is 16.3. The van der Waals surface area contributed by atoms with E-state index in [1.807, 2.05) is 31.2 Å². The number of halogens is 3. The number of nitrogens with one attached hydrogen (secondary N) is 2. The molecule has 3 heterocycles. The van der Waals surface area contributed by atoms with Gasteiger partial charge >= 0.3 is 6.18 Å². The number of hydrogen-bond acceptors (Lipinski definition) is 6. The number of hydrogen-bond donors (Lipinski definition) is 3. The molecule has 10 heteroatoms. The van der Waals surface area contributed by atoms with Crippen molar-refractivity contribution in [1.82, 2.24) is 19.9 Å². The molecule has 4 N–H and O–H groups in total. The second kappa shape index (κ2) is 9.02. The molecule has 0 bridgehead atoms. The molecule has 2 aromatic heterocycles. The van der Waals surface area contributed by atoms with Gasteiger partial charge in [0.25, 0.3) is 0 Å². The Hall–Kier alpha value is -3.79. The van der Waals surface area contributed by atoms with Crippen LogP contribution in [0.1, 0.15) is 17.5 Å². The molecule has 1 aliphatic heterocycles. The highest BCUT2D eigenvalue weighted by Gasteiger charge is 2.36. The number of aryl methyl sites for hydroxylation is 1. The molecule has 36 heavy (non-hydrogen) atoms. The van der Waals surface area contributed by atoms with Crippen LogP contribution in [0.25, 0.3) is 22.2 Å². The third-order valence-electron chi connectivity index (χ3n) is 6.79. The largest absolute Gasteiger partial charge is 0.419 e. The number of aromatic amines is 1. The molecule has 0 saturated carbocycles. The SMILES string of the molecule is Cc1cccc2c(-c3nc(Nc4ccc(N5CC[C@@H](N(C)C)C5)c(N)c4)ncc3C(F)(F)F)c[nH]c12. The van der Waals surface area contributed by atoms with E-state index < -0.39 is 11.7 Å². The summed E-state index contributed by atoms with van der Waals surface area (Å²) in [7, 11) is 4.14. The first-order chi connectivity index (χ1) is 17.1. The minimum absolute atomic E-state index is 0.0565. The molecule has 1 atom stereocenters. The Morgan fingerprint density at radius 2 is 2.00 bits per heavy atom. The molecule has 5 rings (SSSR count). The number of H-pyrrole nitrogens is 1. The van der Waals surface area contributed by atoms with Gasteiger partial charge < -0.3 is 25.8 Å². The Balaban J connectivity index is 1.47. The Labute approximate surface area is 207 Å². The van der Waals surface area contributed by atoms with Gasteiger partial charge in [-0.3, -0.25) is 0 Å². The maximum absolute atomic E-state index is 13.9. The average molecular weight is 496 g/mol. The predicted octanol–water partition coefficient (Wildman–Crippen LogP) is 5.42. The lowest BCUT2D eigenvalue weighted by Gasteiger charge is -2.23. The van der Waals surface area contributed by atoms with Gasteiger partial charge in [0.05, 0.1) is 17.1 Å². The molecule has 2 aromatic carbocycles. The molecular weight excluding hydrogens is 467 g/mol. The third-order valence-corrected chi connectivity index (χ3v) is 6.79. The predicted molar refractivity (Wildman–Crippen MR) is 138 cm³/mol. The molecule has 0 spiro atoms. The highest BCUT2D eigenvalue weighted by molar-refractivity contribution is 5.97. The van der Waals surface area contributed by atoms with E-state index >= 15 is 0 Å². The van der Waals surface area contributed by atoms with E-state index in [2.05, 4.69) is 44.2 Å². The quantitative estimate of drug-likeness (QED) is 0.321. The highest BCUT2D eigenvalue weighted by atomic mass is 19.4. The number of fused-ring (bicyclic) bond motifs is 1. The van der Waals surface area contributed by atoms with Crippen LogP contribution < -0.4 is 16.0 Å². The van der Waals surface area contributed by atoms with Gasteiger partial charge in [-0.2, -0.15) is 13.2 Å². The number of aromatic nitrogens is 3. The van der Waals surface area contributed by atoms with Gasteiger partial charge in [-0.25, -0.2) is 9.97 Å². The lowest BCUT2D eigenvalue weighted by atomic mass is 10.0. The first-order valence-electron chi connectivity index (χ1n) is 11.7. The minimum Gasteiger partial charge on any atom is -0.397 e. The number of nitrogen functional groups attached to an aromatic ring is 1. The zero-order valence-corrected chi connectivity index (χ0v) is 20.3. The molecule has 0 unspecified atom stereocenters. The topological polar surface area (TPSA) is 86.1 Å². The Morgan fingerprint density at radius 1 is 1.19 bits per heavy atom. The number of alkyl halides is 3. The number of para-hydroxylation sites is 1. The third kappa shape index (κ3) is 4.44. The summed E-state index contributed by atoms with van der Waals surface area (Å²) in [6.45, 7) is 3.70. The van der Waals surface area contributed by atoms with Gasteiger partial charge in [-0.15, -0.1) is 0 Å². The second-order valence-corrected chi connectivity index (χ2v) is 9.40. The van der Waals surface area contributed by atoms with Gasteiger partial charge in [0, 0.05) is 53.7 Å². The zero-order valence-electron chi connectivity index (χ0n) is 20.3. The summed E-state index contributed by atoms with van der Waals surface area (Å²) in [5.41, 5.74) is 9.46. The molecule has 7 nitrogen and oxygen atoms in total. The van der Waals surface area contributed by atoms with Gasteiger partial charge in [0.15, 0.2) is 0 Å². The average Bonchev–Trinajstić information content (AvgIpc) is 3.47. The molecule has 0 amide bonds. The van der Waals surface area contributed by atoms with Crippen LogP contribution in [0.5, 0.6) is 0 Å². The molecule has 1 aliphatic rings. The fraction of sp³-hybridized carbons (Fsp3) is 0.308. The van der Waals surface area contributed by atoms with Crippen molar-refractivity contribution < 1.29 is 13.2 Å². The number of anilines is 4. The Morgan fingerprint density at radius 3 is 2.69 bits per heavy atom. The van der Waals surface area contributed by atoms with E-state index in [-0.39, 0.29) is 11.6 Å². The number of rotatable bonds is 5. The standard InChI is InChI=1S/C26H28F3N7/c1-15-5-4-6-18-19(12-31-23(15)18)24-20(26(27,28)29)13-32-25(34-24)33-16-7-8-22(21(30)11-16)36-10-9-17(14-36)35(2)3/h4-8,11-13,17,31H,9-10,14,30H2,1-3H3,(H,32,33,34)/t17-/m1/s1. The van der Waals surface area contributed by atoms with Crippen molar-refractivity contribution in [2.75, 3.05) is 43.1 Å². The molecular formula is C26H28F3N7. The van der Waals surface area contributed by atoms with Crippen LogP contribution in [-0.2, 0) is 6.18 Å². The van der Waals surface area contributed by atoms with Gasteiger partial charge in [-0.1, -0.05) is 18.2 Å². The van der Waals surface area contributed by atoms with Crippen molar-refractivity contribution in [2.24, 2.45) is 0 Å². The van der Waals surface area contributed by atoms with E-state index in [0.29, 0.717) is 28.4 Å².